The molecule has 2 aromatic carbocycles. The van der Waals surface area contributed by atoms with Crippen molar-refractivity contribution < 1.29 is 21.9 Å². The summed E-state index contributed by atoms with van der Waals surface area (Å²) in [5.41, 5.74) is 9.30. The first-order valence-electron chi connectivity index (χ1n) is 6.22. The molecule has 0 fully saturated rings. The first-order valence-corrected chi connectivity index (χ1v) is 6.22. The van der Waals surface area contributed by atoms with Crippen LogP contribution in [0.3, 0.4) is 0 Å². The number of nitrogens with two attached hydrogens (primary N) is 1. The summed E-state index contributed by atoms with van der Waals surface area (Å²) in [6.45, 7) is 0.663. The first-order chi connectivity index (χ1) is 9.65. The maximum absolute atomic E-state index is 10.7. The highest BCUT2D eigenvalue weighted by atomic mass is 79.9. The van der Waals surface area contributed by atoms with E-state index in [2.05, 4.69) is 6.07 Å². The number of nitrogens with zero attached hydrogens (tertiary/aromatic N) is 2. The molecule has 1 aliphatic rings. The molecule has 2 N–H and O–H groups in total. The number of rotatable bonds is 2. The van der Waals surface area contributed by atoms with Crippen LogP contribution in [0.25, 0.3) is 6.08 Å². The Kier molecular flexibility index (Phi) is 4.28. The van der Waals surface area contributed by atoms with E-state index in [1.54, 1.807) is 12.1 Å². The van der Waals surface area contributed by atoms with Crippen LogP contribution in [0.4, 0.5) is 11.4 Å². The molecule has 0 saturated heterocycles. The van der Waals surface area contributed by atoms with Crippen LogP contribution in [-0.4, -0.2) is 4.92 Å². The van der Waals surface area contributed by atoms with Crippen molar-refractivity contribution in [2.45, 2.75) is 6.54 Å². The summed E-state index contributed by atoms with van der Waals surface area (Å²) in [6.07, 6.45) is 1.92. The highest BCUT2D eigenvalue weighted by Crippen LogP contribution is 2.28. The van der Waals surface area contributed by atoms with Crippen LogP contribution in [0.5, 0.6) is 0 Å². The van der Waals surface area contributed by atoms with Gasteiger partial charge in [-0.05, 0) is 29.3 Å². The smallest absolute Gasteiger partial charge is 0.269 e. The predicted octanol–water partition coefficient (Wildman–Crippen LogP) is -0.124. The number of benzene rings is 2. The number of nitro groups is 1. The summed E-state index contributed by atoms with van der Waals surface area (Å²) in [5, 5.41) is 10.7. The van der Waals surface area contributed by atoms with E-state index in [4.69, 9.17) is 5.73 Å². The number of halogens is 1. The molecular formula is C15H13BrN3O2-. The molecule has 0 unspecified atom stereocenters. The van der Waals surface area contributed by atoms with E-state index in [0.29, 0.717) is 12.4 Å². The van der Waals surface area contributed by atoms with Crippen molar-refractivity contribution in [3.63, 3.8) is 0 Å². The number of nitro benzene ring substituents is 1. The summed E-state index contributed by atoms with van der Waals surface area (Å²) < 4.78 is 0. The van der Waals surface area contributed by atoms with Gasteiger partial charge in [-0.15, -0.1) is 0 Å². The third-order valence-corrected chi connectivity index (χ3v) is 3.37. The minimum Gasteiger partial charge on any atom is -1.00 e. The minimum absolute atomic E-state index is 0. The fourth-order valence-corrected chi connectivity index (χ4v) is 2.31. The second-order valence-corrected chi connectivity index (χ2v) is 4.63. The molecule has 0 spiro atoms. The van der Waals surface area contributed by atoms with Crippen molar-refractivity contribution in [2.75, 3.05) is 4.90 Å². The molecule has 3 rings (SSSR count). The summed E-state index contributed by atoms with van der Waals surface area (Å²) in [5.74, 6) is 0.637. The van der Waals surface area contributed by atoms with Gasteiger partial charge in [0.15, 0.2) is 0 Å². The average molecular weight is 347 g/mol. The summed E-state index contributed by atoms with van der Waals surface area (Å²) >= 11 is 0. The molecule has 1 aliphatic heterocycles. The van der Waals surface area contributed by atoms with Gasteiger partial charge in [-0.1, -0.05) is 24.3 Å². The van der Waals surface area contributed by atoms with Gasteiger partial charge >= 0.3 is 0 Å². The van der Waals surface area contributed by atoms with Crippen LogP contribution in [0.15, 0.2) is 54.4 Å². The van der Waals surface area contributed by atoms with Gasteiger partial charge in [0.1, 0.15) is 5.82 Å². The molecule has 0 atom stereocenters. The van der Waals surface area contributed by atoms with Crippen LogP contribution in [0, 0.1) is 10.1 Å². The van der Waals surface area contributed by atoms with Crippen molar-refractivity contribution in [1.29, 1.82) is 0 Å². The third kappa shape index (κ3) is 2.90. The zero-order valence-corrected chi connectivity index (χ0v) is 12.7. The number of anilines is 1. The Balaban J connectivity index is 0.00000161. The van der Waals surface area contributed by atoms with Crippen molar-refractivity contribution in [3.05, 3.63) is 75.6 Å². The van der Waals surface area contributed by atoms with E-state index in [1.807, 2.05) is 29.2 Å². The standard InChI is InChI=1S/C15H13N3O2.BrH/c16-15-9-11-3-1-2-4-12(11)10-17(15)13-5-7-14(8-6-13)18(19)20;/h1-9H,10,16H2;1H/p-1. The normalized spacial score (nSPS) is 13.0. The molecule has 0 amide bonds. The molecule has 0 saturated carbocycles. The van der Waals surface area contributed by atoms with Gasteiger partial charge in [0.25, 0.3) is 5.69 Å². The number of hydrogen-bond donors (Lipinski definition) is 1. The Hall–Kier alpha value is -2.34. The largest absolute Gasteiger partial charge is 1.00 e. The molecule has 0 aromatic heterocycles. The minimum atomic E-state index is -0.408. The fraction of sp³-hybridized carbons (Fsp3) is 0.0667. The van der Waals surface area contributed by atoms with Crippen molar-refractivity contribution in [1.82, 2.24) is 0 Å². The summed E-state index contributed by atoms with van der Waals surface area (Å²) in [7, 11) is 0. The summed E-state index contributed by atoms with van der Waals surface area (Å²) in [6, 6.07) is 14.4. The number of hydrogen-bond acceptors (Lipinski definition) is 4. The topological polar surface area (TPSA) is 72.4 Å². The maximum atomic E-state index is 10.7. The molecule has 0 radical (unpaired) electrons. The lowest BCUT2D eigenvalue weighted by Gasteiger charge is -2.29. The van der Waals surface area contributed by atoms with Crippen LogP contribution in [0.2, 0.25) is 0 Å². The molecule has 2 aromatic rings. The van der Waals surface area contributed by atoms with Gasteiger partial charge in [0.2, 0.25) is 0 Å². The Morgan fingerprint density at radius 2 is 1.76 bits per heavy atom. The van der Waals surface area contributed by atoms with Gasteiger partial charge in [-0.3, -0.25) is 10.1 Å². The zero-order chi connectivity index (χ0) is 14.1. The molecule has 1 heterocycles. The molecule has 5 nitrogen and oxygen atoms in total. The molecule has 0 bridgehead atoms. The van der Waals surface area contributed by atoms with Crippen molar-refractivity contribution >= 4 is 17.5 Å². The second kappa shape index (κ2) is 5.97. The van der Waals surface area contributed by atoms with Crippen molar-refractivity contribution in [3.8, 4) is 0 Å². The molecule has 21 heavy (non-hydrogen) atoms. The first kappa shape index (κ1) is 15.1. The predicted molar refractivity (Wildman–Crippen MR) is 77.9 cm³/mol. The third-order valence-electron chi connectivity index (χ3n) is 3.37. The number of fused-ring (bicyclic) bond motifs is 1. The van der Waals surface area contributed by atoms with Crippen LogP contribution < -0.4 is 27.6 Å². The Morgan fingerprint density at radius 1 is 1.10 bits per heavy atom. The van der Waals surface area contributed by atoms with E-state index < -0.39 is 4.92 Å². The second-order valence-electron chi connectivity index (χ2n) is 4.63. The quantitative estimate of drug-likeness (QED) is 0.607. The maximum Gasteiger partial charge on any atom is 0.269 e. The van der Waals surface area contributed by atoms with Crippen LogP contribution >= 0.6 is 0 Å². The number of non-ortho nitro benzene ring substituents is 1. The lowest BCUT2D eigenvalue weighted by molar-refractivity contribution is -0.384. The van der Waals surface area contributed by atoms with E-state index in [-0.39, 0.29) is 22.7 Å². The van der Waals surface area contributed by atoms with E-state index in [1.165, 1.54) is 17.7 Å². The molecule has 6 heteroatoms. The van der Waals surface area contributed by atoms with Gasteiger partial charge in [-0.25, -0.2) is 0 Å². The van der Waals surface area contributed by atoms with Gasteiger partial charge in [0.05, 0.1) is 11.5 Å². The van der Waals surface area contributed by atoms with Crippen LogP contribution in [0.1, 0.15) is 11.1 Å². The van der Waals surface area contributed by atoms with E-state index >= 15 is 0 Å². The van der Waals surface area contributed by atoms with Crippen LogP contribution in [-0.2, 0) is 6.54 Å². The van der Waals surface area contributed by atoms with Gasteiger partial charge in [0, 0.05) is 17.8 Å². The Labute approximate surface area is 132 Å². The van der Waals surface area contributed by atoms with Gasteiger partial charge in [-0.2, -0.15) is 0 Å². The zero-order valence-electron chi connectivity index (χ0n) is 11.1. The summed E-state index contributed by atoms with van der Waals surface area (Å²) in [4.78, 5) is 12.2. The average Bonchev–Trinajstić information content (AvgIpc) is 2.46. The Morgan fingerprint density at radius 3 is 2.43 bits per heavy atom. The fourth-order valence-electron chi connectivity index (χ4n) is 2.31. The highest BCUT2D eigenvalue weighted by molar-refractivity contribution is 5.67. The molecular weight excluding hydrogens is 334 g/mol. The molecule has 0 aliphatic carbocycles. The van der Waals surface area contributed by atoms with E-state index in [9.17, 15) is 10.1 Å². The monoisotopic (exact) mass is 346 g/mol. The van der Waals surface area contributed by atoms with E-state index in [0.717, 1.165) is 11.3 Å². The SMILES string of the molecule is NC1=Cc2ccccc2CN1c1ccc([N+](=O)[O-])cc1.[Br-]. The van der Waals surface area contributed by atoms with Gasteiger partial charge < -0.3 is 27.6 Å². The molecule has 108 valence electrons. The lowest BCUT2D eigenvalue weighted by Crippen LogP contribution is -3.00. The van der Waals surface area contributed by atoms with Crippen molar-refractivity contribution in [2.24, 2.45) is 5.73 Å². The highest BCUT2D eigenvalue weighted by Gasteiger charge is 2.17. The Bertz CT molecular complexity index is 698. The lowest BCUT2D eigenvalue weighted by atomic mass is 10.0.